The van der Waals surface area contributed by atoms with E-state index in [0.29, 0.717) is 17.1 Å². The van der Waals surface area contributed by atoms with Gasteiger partial charge in [0.25, 0.3) is 5.69 Å². The van der Waals surface area contributed by atoms with E-state index in [1.807, 2.05) is 37.3 Å². The zero-order valence-electron chi connectivity index (χ0n) is 11.0. The summed E-state index contributed by atoms with van der Waals surface area (Å²) in [6, 6.07) is 14.6. The van der Waals surface area contributed by atoms with Crippen molar-refractivity contribution < 1.29 is 4.92 Å². The molecule has 5 heteroatoms. The fraction of sp³-hybridized carbons (Fsp3) is 0.200. The highest BCUT2D eigenvalue weighted by Crippen LogP contribution is 2.23. The zero-order valence-corrected chi connectivity index (χ0v) is 11.8. The third-order valence-corrected chi connectivity index (χ3v) is 3.37. The molecular formula is C15H15ClN2O2. The number of nitrogens with one attached hydrogen (secondary N) is 1. The van der Waals surface area contributed by atoms with Crippen LogP contribution in [0.2, 0.25) is 5.02 Å². The lowest BCUT2D eigenvalue weighted by molar-refractivity contribution is -0.385. The summed E-state index contributed by atoms with van der Waals surface area (Å²) in [6.45, 7) is 2.42. The third kappa shape index (κ3) is 3.56. The molecule has 0 aliphatic heterocycles. The molecule has 2 rings (SSSR count). The van der Waals surface area contributed by atoms with Crippen molar-refractivity contribution in [2.75, 3.05) is 0 Å². The molecule has 1 N–H and O–H groups in total. The fourth-order valence-electron chi connectivity index (χ4n) is 2.00. The molecule has 0 unspecified atom stereocenters. The molecule has 0 fully saturated rings. The SMILES string of the molecule is C[C@@H](NCc1cc(Cl)ccc1[N+](=O)[O-])c1ccccc1. The Labute approximate surface area is 122 Å². The molecule has 2 aromatic carbocycles. The summed E-state index contributed by atoms with van der Waals surface area (Å²) in [7, 11) is 0. The Kier molecular flexibility index (Phi) is 4.71. The second kappa shape index (κ2) is 6.50. The minimum atomic E-state index is -0.388. The van der Waals surface area contributed by atoms with E-state index in [4.69, 9.17) is 11.6 Å². The largest absolute Gasteiger partial charge is 0.306 e. The van der Waals surface area contributed by atoms with Gasteiger partial charge in [0.15, 0.2) is 0 Å². The van der Waals surface area contributed by atoms with Crippen LogP contribution >= 0.6 is 11.6 Å². The third-order valence-electron chi connectivity index (χ3n) is 3.14. The van der Waals surface area contributed by atoms with Crippen molar-refractivity contribution in [2.24, 2.45) is 0 Å². The van der Waals surface area contributed by atoms with Crippen molar-refractivity contribution in [2.45, 2.75) is 19.5 Å². The molecule has 0 spiro atoms. The predicted octanol–water partition coefficient (Wildman–Crippen LogP) is 4.10. The van der Waals surface area contributed by atoms with Gasteiger partial charge < -0.3 is 5.32 Å². The molecule has 2 aromatic rings. The van der Waals surface area contributed by atoms with Gasteiger partial charge in [-0.15, -0.1) is 0 Å². The van der Waals surface area contributed by atoms with Gasteiger partial charge in [-0.05, 0) is 24.6 Å². The maximum atomic E-state index is 11.0. The highest BCUT2D eigenvalue weighted by Gasteiger charge is 2.14. The van der Waals surface area contributed by atoms with Crippen LogP contribution in [0.1, 0.15) is 24.1 Å². The van der Waals surface area contributed by atoms with E-state index < -0.39 is 0 Å². The van der Waals surface area contributed by atoms with E-state index in [-0.39, 0.29) is 16.7 Å². The summed E-state index contributed by atoms with van der Waals surface area (Å²) >= 11 is 5.90. The van der Waals surface area contributed by atoms with Crippen LogP contribution in [0.25, 0.3) is 0 Å². The smallest absolute Gasteiger partial charge is 0.273 e. The molecule has 1 atom stereocenters. The van der Waals surface area contributed by atoms with E-state index in [2.05, 4.69) is 5.32 Å². The average Bonchev–Trinajstić information content (AvgIpc) is 2.45. The van der Waals surface area contributed by atoms with Gasteiger partial charge in [0.2, 0.25) is 0 Å². The summed E-state index contributed by atoms with van der Waals surface area (Å²) in [5, 5.41) is 14.8. The Balaban J connectivity index is 2.11. The number of halogens is 1. The molecule has 0 aliphatic carbocycles. The highest BCUT2D eigenvalue weighted by atomic mass is 35.5. The minimum absolute atomic E-state index is 0.0853. The van der Waals surface area contributed by atoms with Gasteiger partial charge in [0, 0.05) is 29.2 Å². The molecule has 0 amide bonds. The lowest BCUT2D eigenvalue weighted by Crippen LogP contribution is -2.18. The molecule has 104 valence electrons. The normalized spacial score (nSPS) is 12.1. The molecule has 0 aliphatic rings. The van der Waals surface area contributed by atoms with Crippen molar-refractivity contribution >= 4 is 17.3 Å². The van der Waals surface area contributed by atoms with Crippen molar-refractivity contribution in [3.8, 4) is 0 Å². The Morgan fingerprint density at radius 3 is 2.60 bits per heavy atom. The molecule has 4 nitrogen and oxygen atoms in total. The number of nitro groups is 1. The number of hydrogen-bond acceptors (Lipinski definition) is 3. The quantitative estimate of drug-likeness (QED) is 0.666. The standard InChI is InChI=1S/C15H15ClN2O2/c1-11(12-5-3-2-4-6-12)17-10-13-9-14(16)7-8-15(13)18(19)20/h2-9,11,17H,10H2,1H3/t11-/m1/s1. The summed E-state index contributed by atoms with van der Waals surface area (Å²) in [5.41, 5.74) is 1.81. The Hall–Kier alpha value is -1.91. The first kappa shape index (κ1) is 14.5. The van der Waals surface area contributed by atoms with Crippen LogP contribution < -0.4 is 5.32 Å². The van der Waals surface area contributed by atoms with E-state index in [0.717, 1.165) is 5.56 Å². The number of nitro benzene ring substituents is 1. The predicted molar refractivity (Wildman–Crippen MR) is 79.8 cm³/mol. The van der Waals surface area contributed by atoms with Crippen LogP contribution in [0, 0.1) is 10.1 Å². The van der Waals surface area contributed by atoms with Crippen LogP contribution in [0.3, 0.4) is 0 Å². The number of hydrogen-bond donors (Lipinski definition) is 1. The first-order valence-corrected chi connectivity index (χ1v) is 6.67. The monoisotopic (exact) mass is 290 g/mol. The van der Waals surface area contributed by atoms with Crippen molar-refractivity contribution in [1.29, 1.82) is 0 Å². The van der Waals surface area contributed by atoms with E-state index in [1.54, 1.807) is 6.07 Å². The lowest BCUT2D eigenvalue weighted by atomic mass is 10.1. The molecule has 0 saturated carbocycles. The number of benzene rings is 2. The summed E-state index contributed by atoms with van der Waals surface area (Å²) < 4.78 is 0. The van der Waals surface area contributed by atoms with Crippen molar-refractivity contribution in [3.05, 3.63) is 74.8 Å². The van der Waals surface area contributed by atoms with Gasteiger partial charge in [-0.1, -0.05) is 41.9 Å². The first-order valence-electron chi connectivity index (χ1n) is 6.29. The van der Waals surface area contributed by atoms with Gasteiger partial charge >= 0.3 is 0 Å². The van der Waals surface area contributed by atoms with Crippen molar-refractivity contribution in [3.63, 3.8) is 0 Å². The van der Waals surface area contributed by atoms with Crippen LogP contribution in [-0.2, 0) is 6.54 Å². The van der Waals surface area contributed by atoms with Gasteiger partial charge in [-0.25, -0.2) is 0 Å². The van der Waals surface area contributed by atoms with Crippen LogP contribution in [-0.4, -0.2) is 4.92 Å². The van der Waals surface area contributed by atoms with Crippen LogP contribution in [0.4, 0.5) is 5.69 Å². The summed E-state index contributed by atoms with van der Waals surface area (Å²) in [4.78, 5) is 10.6. The van der Waals surface area contributed by atoms with Crippen molar-refractivity contribution in [1.82, 2.24) is 5.32 Å². The van der Waals surface area contributed by atoms with Gasteiger partial charge in [-0.3, -0.25) is 10.1 Å². The molecule has 0 radical (unpaired) electrons. The van der Waals surface area contributed by atoms with E-state index >= 15 is 0 Å². The highest BCUT2D eigenvalue weighted by molar-refractivity contribution is 6.30. The van der Waals surface area contributed by atoms with Crippen LogP contribution in [0.15, 0.2) is 48.5 Å². The minimum Gasteiger partial charge on any atom is -0.306 e. The number of nitrogens with zero attached hydrogens (tertiary/aromatic N) is 1. The maximum absolute atomic E-state index is 11.0. The Bertz CT molecular complexity index is 602. The summed E-state index contributed by atoms with van der Waals surface area (Å²) in [6.07, 6.45) is 0. The van der Waals surface area contributed by atoms with Crippen LogP contribution in [0.5, 0.6) is 0 Å². The second-order valence-corrected chi connectivity index (χ2v) is 4.98. The zero-order chi connectivity index (χ0) is 14.5. The average molecular weight is 291 g/mol. The van der Waals surface area contributed by atoms with Gasteiger partial charge in [0.05, 0.1) is 4.92 Å². The summed E-state index contributed by atoms with van der Waals surface area (Å²) in [5.74, 6) is 0. The second-order valence-electron chi connectivity index (χ2n) is 4.54. The first-order chi connectivity index (χ1) is 9.58. The topological polar surface area (TPSA) is 55.2 Å². The maximum Gasteiger partial charge on any atom is 0.273 e. The lowest BCUT2D eigenvalue weighted by Gasteiger charge is -2.14. The number of rotatable bonds is 5. The van der Waals surface area contributed by atoms with E-state index in [9.17, 15) is 10.1 Å². The fourth-order valence-corrected chi connectivity index (χ4v) is 2.19. The molecule has 0 heterocycles. The molecule has 0 saturated heterocycles. The van der Waals surface area contributed by atoms with Gasteiger partial charge in [0.1, 0.15) is 0 Å². The Morgan fingerprint density at radius 1 is 1.25 bits per heavy atom. The van der Waals surface area contributed by atoms with E-state index in [1.165, 1.54) is 12.1 Å². The molecular weight excluding hydrogens is 276 g/mol. The molecule has 0 bridgehead atoms. The molecule has 20 heavy (non-hydrogen) atoms. The Morgan fingerprint density at radius 2 is 1.95 bits per heavy atom. The molecule has 0 aromatic heterocycles. The van der Waals surface area contributed by atoms with Gasteiger partial charge in [-0.2, -0.15) is 0 Å².